The summed E-state index contributed by atoms with van der Waals surface area (Å²) in [5, 5.41) is 4.72. The minimum absolute atomic E-state index is 0.635. The van der Waals surface area contributed by atoms with E-state index in [2.05, 4.69) is 284 Å². The minimum Gasteiger partial charge on any atom is -0.455 e. The number of hydrogen-bond donors (Lipinski definition) is 0. The van der Waals surface area contributed by atoms with Crippen LogP contribution in [-0.2, 0) is 5.41 Å². The molecule has 2 nitrogen and oxygen atoms in total. The summed E-state index contributed by atoms with van der Waals surface area (Å²) in [5.74, 6) is 0. The highest BCUT2D eigenvalue weighted by Crippen LogP contribution is 2.58. The zero-order chi connectivity index (χ0) is 48.3. The smallest absolute Gasteiger partial charge is 0.143 e. The molecule has 1 heterocycles. The van der Waals surface area contributed by atoms with Gasteiger partial charge in [0.15, 0.2) is 0 Å². The molecule has 0 fully saturated rings. The van der Waals surface area contributed by atoms with E-state index >= 15 is 0 Å². The van der Waals surface area contributed by atoms with Gasteiger partial charge in [0.1, 0.15) is 11.2 Å². The molecule has 2 heteroatoms. The Morgan fingerprint density at radius 2 is 0.795 bits per heavy atom. The Balaban J connectivity index is 0.977. The summed E-state index contributed by atoms with van der Waals surface area (Å²) in [4.78, 5) is 2.45. The molecule has 1 aliphatic carbocycles. The van der Waals surface area contributed by atoms with Crippen molar-refractivity contribution in [2.45, 2.75) is 5.41 Å². The first-order chi connectivity index (χ1) is 36.2. The highest BCUT2D eigenvalue weighted by molar-refractivity contribution is 6.09. The van der Waals surface area contributed by atoms with Crippen molar-refractivity contribution in [3.63, 3.8) is 0 Å². The lowest BCUT2D eigenvalue weighted by Crippen LogP contribution is -2.28. The third-order valence-corrected chi connectivity index (χ3v) is 15.2. The summed E-state index contributed by atoms with van der Waals surface area (Å²) in [6.07, 6.45) is 0. The van der Waals surface area contributed by atoms with E-state index in [0.29, 0.717) is 0 Å². The molecule has 73 heavy (non-hydrogen) atoms. The molecule has 0 atom stereocenters. The van der Waals surface area contributed by atoms with Gasteiger partial charge in [-0.1, -0.05) is 237 Å². The van der Waals surface area contributed by atoms with Gasteiger partial charge >= 0.3 is 0 Å². The number of benzene rings is 12. The van der Waals surface area contributed by atoms with Gasteiger partial charge in [-0.15, -0.1) is 0 Å². The van der Waals surface area contributed by atoms with Gasteiger partial charge in [0.2, 0.25) is 0 Å². The quantitative estimate of drug-likeness (QED) is 0.143. The highest BCUT2D eigenvalue weighted by Gasteiger charge is 2.46. The predicted octanol–water partition coefficient (Wildman–Crippen LogP) is 19.2. The third kappa shape index (κ3) is 7.02. The van der Waals surface area contributed by atoms with E-state index in [1.54, 1.807) is 0 Å². The zero-order valence-electron chi connectivity index (χ0n) is 40.0. The van der Waals surface area contributed by atoms with Crippen LogP contribution in [-0.4, -0.2) is 0 Å². The van der Waals surface area contributed by atoms with Crippen molar-refractivity contribution in [2.75, 3.05) is 4.90 Å². The molecule has 0 amide bonds. The maximum atomic E-state index is 6.56. The summed E-state index contributed by atoms with van der Waals surface area (Å²) in [5.41, 5.74) is 21.0. The van der Waals surface area contributed by atoms with Crippen LogP contribution in [0.4, 0.5) is 17.1 Å². The normalized spacial score (nSPS) is 12.5. The molecule has 0 radical (unpaired) electrons. The van der Waals surface area contributed by atoms with E-state index in [1.165, 1.54) is 66.4 Å². The molecule has 0 aliphatic heterocycles. The van der Waals surface area contributed by atoms with Crippen molar-refractivity contribution in [3.05, 3.63) is 307 Å². The Kier molecular flexibility index (Phi) is 10.1. The van der Waals surface area contributed by atoms with Gasteiger partial charge in [0.05, 0.1) is 11.1 Å². The van der Waals surface area contributed by atoms with Crippen molar-refractivity contribution in [2.24, 2.45) is 0 Å². The van der Waals surface area contributed by atoms with Crippen molar-refractivity contribution < 1.29 is 4.42 Å². The third-order valence-electron chi connectivity index (χ3n) is 15.2. The number of hydrogen-bond acceptors (Lipinski definition) is 2. The fourth-order valence-corrected chi connectivity index (χ4v) is 11.7. The highest BCUT2D eigenvalue weighted by atomic mass is 16.3. The van der Waals surface area contributed by atoms with E-state index in [1.807, 2.05) is 6.07 Å². The predicted molar refractivity (Wildman–Crippen MR) is 305 cm³/mol. The topological polar surface area (TPSA) is 16.4 Å². The Hall–Kier alpha value is -9.50. The van der Waals surface area contributed by atoms with Crippen LogP contribution in [0.2, 0.25) is 0 Å². The monoisotopic (exact) mass is 929 g/mol. The molecule has 0 saturated carbocycles. The van der Waals surface area contributed by atoms with E-state index in [9.17, 15) is 0 Å². The molecular weight excluding hydrogens is 883 g/mol. The van der Waals surface area contributed by atoms with Crippen LogP contribution in [0.1, 0.15) is 22.3 Å². The second-order valence-corrected chi connectivity index (χ2v) is 19.2. The maximum absolute atomic E-state index is 6.56. The van der Waals surface area contributed by atoms with Crippen LogP contribution in [0, 0.1) is 0 Å². The van der Waals surface area contributed by atoms with E-state index in [-0.39, 0.29) is 0 Å². The van der Waals surface area contributed by atoms with Crippen LogP contribution in [0.15, 0.2) is 290 Å². The molecule has 342 valence electrons. The standard InChI is InChI=1S/C71H47NO/c1-4-17-48(18-5-1)50-31-34-51(35-32-50)60-25-12-14-29-68(60)72(58-40-37-52(38-41-58)61-27-16-28-65-64-26-13-15-30-69(64)73-70(61)65)59-42-44-63-62-43-39-55(54-36-33-49-19-10-11-20-53(49)45-54)46-66(62)71(67(63)47-59,56-21-6-2-7-22-56)57-23-8-3-9-24-57/h1-47H. The van der Waals surface area contributed by atoms with Crippen LogP contribution < -0.4 is 4.90 Å². The number of fused-ring (bicyclic) bond motifs is 7. The minimum atomic E-state index is -0.635. The first kappa shape index (κ1) is 42.4. The summed E-state index contributed by atoms with van der Waals surface area (Å²) < 4.78 is 6.56. The SMILES string of the molecule is c1ccc(-c2ccc(-c3ccccc3N(c3ccc(-c4cccc5c4oc4ccccc45)cc3)c3ccc4c(c3)C(c3ccccc3)(c3ccccc3)c3cc(-c5ccc6ccccc6c5)ccc3-4)cc2)cc1. The number of furan rings is 1. The second-order valence-electron chi connectivity index (χ2n) is 19.2. The van der Waals surface area contributed by atoms with E-state index in [4.69, 9.17) is 4.42 Å². The number of nitrogens with zero attached hydrogens (tertiary/aromatic N) is 1. The molecule has 12 aromatic carbocycles. The molecular formula is C71H47NO. The molecule has 14 rings (SSSR count). The molecule has 0 unspecified atom stereocenters. The van der Waals surface area contributed by atoms with E-state index in [0.717, 1.165) is 61.3 Å². The van der Waals surface area contributed by atoms with Gasteiger partial charge in [0, 0.05) is 33.3 Å². The average molecular weight is 930 g/mol. The first-order valence-electron chi connectivity index (χ1n) is 25.1. The first-order valence-corrected chi connectivity index (χ1v) is 25.1. The Morgan fingerprint density at radius 1 is 0.288 bits per heavy atom. The average Bonchev–Trinajstić information content (AvgIpc) is 4.05. The number of anilines is 3. The van der Waals surface area contributed by atoms with Crippen LogP contribution in [0.5, 0.6) is 0 Å². The van der Waals surface area contributed by atoms with E-state index < -0.39 is 5.41 Å². The van der Waals surface area contributed by atoms with Crippen LogP contribution >= 0.6 is 0 Å². The fraction of sp³-hybridized carbons (Fsp3) is 0.0141. The summed E-state index contributed by atoms with van der Waals surface area (Å²) in [6, 6.07) is 104. The van der Waals surface area contributed by atoms with Crippen molar-refractivity contribution in [1.82, 2.24) is 0 Å². The lowest BCUT2D eigenvalue weighted by atomic mass is 9.67. The lowest BCUT2D eigenvalue weighted by Gasteiger charge is -2.35. The van der Waals surface area contributed by atoms with Crippen LogP contribution in [0.3, 0.4) is 0 Å². The van der Waals surface area contributed by atoms with Gasteiger partial charge in [-0.25, -0.2) is 0 Å². The van der Waals surface area contributed by atoms with Gasteiger partial charge in [-0.2, -0.15) is 0 Å². The lowest BCUT2D eigenvalue weighted by molar-refractivity contribution is 0.670. The van der Waals surface area contributed by atoms with Crippen LogP contribution in [0.25, 0.3) is 88.3 Å². The summed E-state index contributed by atoms with van der Waals surface area (Å²) in [7, 11) is 0. The van der Waals surface area contributed by atoms with Crippen molar-refractivity contribution in [1.29, 1.82) is 0 Å². The molecule has 0 bridgehead atoms. The molecule has 13 aromatic rings. The zero-order valence-corrected chi connectivity index (χ0v) is 40.0. The van der Waals surface area contributed by atoms with Gasteiger partial charge in [-0.05, 0) is 126 Å². The van der Waals surface area contributed by atoms with Crippen molar-refractivity contribution in [3.8, 4) is 55.6 Å². The maximum Gasteiger partial charge on any atom is 0.143 e. The Bertz CT molecular complexity index is 4130. The Labute approximate surface area is 425 Å². The molecule has 1 aromatic heterocycles. The molecule has 1 aliphatic rings. The van der Waals surface area contributed by atoms with Gasteiger partial charge < -0.3 is 9.32 Å². The largest absolute Gasteiger partial charge is 0.455 e. The number of para-hydroxylation sites is 3. The molecule has 0 saturated heterocycles. The summed E-state index contributed by atoms with van der Waals surface area (Å²) in [6.45, 7) is 0. The van der Waals surface area contributed by atoms with Gasteiger partial charge in [0.25, 0.3) is 0 Å². The van der Waals surface area contributed by atoms with Crippen molar-refractivity contribution >= 4 is 49.8 Å². The van der Waals surface area contributed by atoms with Gasteiger partial charge in [-0.3, -0.25) is 0 Å². The fourth-order valence-electron chi connectivity index (χ4n) is 11.7. The summed E-state index contributed by atoms with van der Waals surface area (Å²) >= 11 is 0. The molecule has 0 spiro atoms. The second kappa shape index (κ2) is 17.4. The number of rotatable bonds is 9. The molecule has 0 N–H and O–H groups in total. The Morgan fingerprint density at radius 3 is 1.56 bits per heavy atom.